The molecule has 1 fully saturated rings. The Kier molecular flexibility index (Phi) is 8.19. The van der Waals surface area contributed by atoms with Crippen molar-refractivity contribution >= 4 is 6.41 Å². The van der Waals surface area contributed by atoms with Crippen LogP contribution in [-0.2, 0) is 4.79 Å². The molecular weight excluding hydrogens is 150 g/mol. The summed E-state index contributed by atoms with van der Waals surface area (Å²) >= 11 is 0. The van der Waals surface area contributed by atoms with Crippen LogP contribution in [0.3, 0.4) is 0 Å². The zero-order valence-electron chi connectivity index (χ0n) is 8.31. The molecule has 0 atom stereocenters. The summed E-state index contributed by atoms with van der Waals surface area (Å²) in [6, 6.07) is 0. The first kappa shape index (κ1) is 11.5. The molecule has 0 saturated heterocycles. The summed E-state index contributed by atoms with van der Waals surface area (Å²) in [7, 11) is 1.56. The van der Waals surface area contributed by atoms with Gasteiger partial charge in [0.2, 0.25) is 6.41 Å². The van der Waals surface area contributed by atoms with Gasteiger partial charge in [0.15, 0.2) is 0 Å². The Morgan fingerprint density at radius 2 is 1.92 bits per heavy atom. The minimum atomic E-state index is 0. The summed E-state index contributed by atoms with van der Waals surface area (Å²) in [4.78, 5) is 9.06. The lowest BCUT2D eigenvalue weighted by atomic mass is 9.88. The average molecular weight is 173 g/mol. The van der Waals surface area contributed by atoms with E-state index >= 15 is 0 Å². The maximum absolute atomic E-state index is 9.06. The van der Waals surface area contributed by atoms with Gasteiger partial charge in [0.25, 0.3) is 0 Å². The molecule has 0 aliphatic heterocycles. The second-order valence-corrected chi connectivity index (χ2v) is 3.32. The van der Waals surface area contributed by atoms with Gasteiger partial charge in [0.1, 0.15) is 0 Å². The number of carbonyl (C=O) groups is 1. The molecule has 0 aromatic rings. The van der Waals surface area contributed by atoms with Gasteiger partial charge in [-0.3, -0.25) is 4.79 Å². The molecule has 74 valence electrons. The van der Waals surface area contributed by atoms with Crippen molar-refractivity contribution in [3.8, 4) is 0 Å². The fourth-order valence-corrected chi connectivity index (χ4v) is 1.60. The molecule has 1 saturated carbocycles. The lowest BCUT2D eigenvalue weighted by Crippen LogP contribution is -2.03. The maximum atomic E-state index is 9.06. The average Bonchev–Trinajstić information content (AvgIpc) is 2.19. The molecule has 1 aliphatic carbocycles. The first-order valence-corrected chi connectivity index (χ1v) is 4.96. The fraction of sp³-hybridized carbons (Fsp3) is 0.900. The van der Waals surface area contributed by atoms with Gasteiger partial charge in [-0.25, -0.2) is 0 Å². The van der Waals surface area contributed by atoms with Gasteiger partial charge in [-0.05, 0) is 5.92 Å². The van der Waals surface area contributed by atoms with Gasteiger partial charge in [-0.15, -0.1) is 0 Å². The second-order valence-electron chi connectivity index (χ2n) is 3.32. The van der Waals surface area contributed by atoms with E-state index in [1.807, 2.05) is 0 Å². The maximum Gasteiger partial charge on any atom is 0.206 e. The third-order valence-corrected chi connectivity index (χ3v) is 2.42. The molecule has 1 aliphatic rings. The van der Waals surface area contributed by atoms with Crippen LogP contribution in [0.5, 0.6) is 0 Å². The molecule has 0 aromatic carbocycles. The van der Waals surface area contributed by atoms with Crippen LogP contribution in [0.2, 0.25) is 0 Å². The van der Waals surface area contributed by atoms with Crippen molar-refractivity contribution in [1.82, 2.24) is 5.32 Å². The van der Waals surface area contributed by atoms with Crippen LogP contribution in [0.15, 0.2) is 0 Å². The highest BCUT2D eigenvalue weighted by Gasteiger charge is 2.09. The molecular formula is C10H23NO. The molecule has 2 nitrogen and oxygen atoms in total. The van der Waals surface area contributed by atoms with E-state index < -0.39 is 0 Å². The number of nitrogens with one attached hydrogen (secondary N) is 1. The van der Waals surface area contributed by atoms with Crippen LogP contribution < -0.4 is 5.32 Å². The van der Waals surface area contributed by atoms with Crippen molar-refractivity contribution in [3.05, 3.63) is 0 Å². The minimum Gasteiger partial charge on any atom is -0.362 e. The van der Waals surface area contributed by atoms with Crippen molar-refractivity contribution in [3.63, 3.8) is 0 Å². The molecule has 0 unspecified atom stereocenters. The highest BCUT2D eigenvalue weighted by atomic mass is 16.1. The van der Waals surface area contributed by atoms with Gasteiger partial charge in [0, 0.05) is 8.47 Å². The summed E-state index contributed by atoms with van der Waals surface area (Å²) in [5.41, 5.74) is 0. The summed E-state index contributed by atoms with van der Waals surface area (Å²) in [5.74, 6) is 1.09. The van der Waals surface area contributed by atoms with Gasteiger partial charge >= 0.3 is 0 Å². The Bertz CT molecular complexity index is 103. The number of hydrogen-bond acceptors (Lipinski definition) is 1. The van der Waals surface area contributed by atoms with Crippen LogP contribution in [0.1, 0.15) is 46.9 Å². The zero-order valence-corrected chi connectivity index (χ0v) is 8.31. The third-order valence-electron chi connectivity index (χ3n) is 2.42. The quantitative estimate of drug-likeness (QED) is 0.639. The van der Waals surface area contributed by atoms with Gasteiger partial charge < -0.3 is 5.32 Å². The zero-order chi connectivity index (χ0) is 9.23. The van der Waals surface area contributed by atoms with Gasteiger partial charge in [-0.2, -0.15) is 0 Å². The van der Waals surface area contributed by atoms with Gasteiger partial charge in [0.05, 0.1) is 0 Å². The molecule has 0 heterocycles. The monoisotopic (exact) mass is 173 g/mol. The SMILES string of the molecule is CCC1CCCCC1.CNC=O.[HH]. The first-order valence-electron chi connectivity index (χ1n) is 4.96. The fourth-order valence-electron chi connectivity index (χ4n) is 1.60. The van der Waals surface area contributed by atoms with Crippen molar-refractivity contribution in [2.24, 2.45) is 5.92 Å². The Hall–Kier alpha value is -0.530. The summed E-state index contributed by atoms with van der Waals surface area (Å²) < 4.78 is 0. The summed E-state index contributed by atoms with van der Waals surface area (Å²) in [6.07, 6.45) is 9.56. The van der Waals surface area contributed by atoms with E-state index in [0.29, 0.717) is 6.41 Å². The Labute approximate surface area is 77.2 Å². The van der Waals surface area contributed by atoms with E-state index in [1.165, 1.54) is 38.5 Å². The van der Waals surface area contributed by atoms with Crippen LogP contribution in [0, 0.1) is 5.92 Å². The van der Waals surface area contributed by atoms with E-state index in [2.05, 4.69) is 12.2 Å². The van der Waals surface area contributed by atoms with E-state index in [1.54, 1.807) is 7.05 Å². The topological polar surface area (TPSA) is 29.1 Å². The van der Waals surface area contributed by atoms with E-state index in [0.717, 1.165) is 5.92 Å². The van der Waals surface area contributed by atoms with Crippen molar-refractivity contribution in [2.75, 3.05) is 7.05 Å². The molecule has 0 spiro atoms. The smallest absolute Gasteiger partial charge is 0.206 e. The Morgan fingerprint density at radius 3 is 2.17 bits per heavy atom. The van der Waals surface area contributed by atoms with Crippen LogP contribution >= 0.6 is 0 Å². The first-order chi connectivity index (χ1) is 5.85. The predicted molar refractivity (Wildman–Crippen MR) is 54.1 cm³/mol. The molecule has 0 aromatic heterocycles. The van der Waals surface area contributed by atoms with Crippen molar-refractivity contribution in [2.45, 2.75) is 45.4 Å². The molecule has 1 amide bonds. The normalized spacial score (nSPS) is 17.5. The van der Waals surface area contributed by atoms with Crippen LogP contribution in [-0.4, -0.2) is 13.5 Å². The van der Waals surface area contributed by atoms with Crippen LogP contribution in [0.25, 0.3) is 0 Å². The molecule has 1 N–H and O–H groups in total. The van der Waals surface area contributed by atoms with E-state index in [9.17, 15) is 0 Å². The molecule has 12 heavy (non-hydrogen) atoms. The van der Waals surface area contributed by atoms with Crippen molar-refractivity contribution < 1.29 is 6.22 Å². The largest absolute Gasteiger partial charge is 0.362 e. The standard InChI is InChI=1S/C8H16.C2H5NO.H2/c1-2-8-6-4-3-5-7-8;1-3-2-4;/h8H,2-7H2,1H3;2H,1H3,(H,3,4);1H. The number of hydrogen-bond donors (Lipinski definition) is 1. The molecule has 0 radical (unpaired) electrons. The lowest BCUT2D eigenvalue weighted by molar-refractivity contribution is -0.109. The Balaban J connectivity index is 0. The molecule has 2 heteroatoms. The lowest BCUT2D eigenvalue weighted by Gasteiger charge is -2.18. The predicted octanol–water partition coefficient (Wildman–Crippen LogP) is 2.58. The van der Waals surface area contributed by atoms with Crippen LogP contribution in [0.4, 0.5) is 0 Å². The van der Waals surface area contributed by atoms with E-state index in [-0.39, 0.29) is 1.43 Å². The number of carbonyl (C=O) groups excluding carboxylic acids is 1. The highest BCUT2D eigenvalue weighted by molar-refractivity contribution is 5.44. The number of rotatable bonds is 2. The molecule has 1 rings (SSSR count). The minimum absolute atomic E-state index is 0. The van der Waals surface area contributed by atoms with Gasteiger partial charge in [-0.1, -0.05) is 45.4 Å². The third kappa shape index (κ3) is 6.20. The van der Waals surface area contributed by atoms with E-state index in [4.69, 9.17) is 4.79 Å². The summed E-state index contributed by atoms with van der Waals surface area (Å²) in [5, 5.41) is 2.25. The summed E-state index contributed by atoms with van der Waals surface area (Å²) in [6.45, 7) is 2.32. The molecule has 0 bridgehead atoms. The van der Waals surface area contributed by atoms with Crippen molar-refractivity contribution in [1.29, 1.82) is 0 Å². The Morgan fingerprint density at radius 1 is 1.42 bits per heavy atom. The highest BCUT2D eigenvalue weighted by Crippen LogP contribution is 2.25. The second kappa shape index (κ2) is 8.57. The number of amides is 1.